The lowest BCUT2D eigenvalue weighted by Crippen LogP contribution is -2.49. The maximum absolute atomic E-state index is 14.3. The van der Waals surface area contributed by atoms with Crippen molar-refractivity contribution >= 4 is 28.1 Å². The van der Waals surface area contributed by atoms with Crippen molar-refractivity contribution in [3.8, 4) is 11.9 Å². The molecule has 3 aliphatic rings. The van der Waals surface area contributed by atoms with Crippen LogP contribution in [0.25, 0.3) is 10.8 Å². The molecule has 42 heavy (non-hydrogen) atoms. The summed E-state index contributed by atoms with van der Waals surface area (Å²) in [5.74, 6) is -1.62. The molecule has 9 nitrogen and oxygen atoms in total. The molecular formula is C31H33F2N7O2. The molecule has 2 saturated heterocycles. The fourth-order valence-corrected chi connectivity index (χ4v) is 6.34. The average molecular weight is 574 g/mol. The lowest BCUT2D eigenvalue weighted by atomic mass is 9.97. The molecule has 1 amide bonds. The number of hydrogen-bond acceptors (Lipinski definition) is 8. The Kier molecular flexibility index (Phi) is 7.64. The first-order chi connectivity index (χ1) is 20.4. The normalized spacial score (nSPS) is 19.1. The van der Waals surface area contributed by atoms with Crippen LogP contribution in [0.4, 0.5) is 20.2 Å². The third kappa shape index (κ3) is 5.11. The van der Waals surface area contributed by atoms with Crippen molar-refractivity contribution in [1.29, 1.82) is 5.26 Å². The summed E-state index contributed by atoms with van der Waals surface area (Å²) in [7, 11) is 2.08. The van der Waals surface area contributed by atoms with Gasteiger partial charge in [0.1, 0.15) is 18.2 Å². The van der Waals surface area contributed by atoms with Crippen LogP contribution in [0.1, 0.15) is 29.7 Å². The molecule has 1 atom stereocenters. The summed E-state index contributed by atoms with van der Waals surface area (Å²) in [6.45, 7) is 8.18. The highest BCUT2D eigenvalue weighted by atomic mass is 19.2. The highest BCUT2D eigenvalue weighted by Crippen LogP contribution is 2.39. The summed E-state index contributed by atoms with van der Waals surface area (Å²) >= 11 is 0. The number of benzene rings is 1. The molecule has 11 heteroatoms. The molecule has 0 radical (unpaired) electrons. The first-order valence-corrected chi connectivity index (χ1v) is 14.3. The van der Waals surface area contributed by atoms with Gasteiger partial charge < -0.3 is 24.3 Å². The van der Waals surface area contributed by atoms with Gasteiger partial charge in [-0.05, 0) is 51.1 Å². The Morgan fingerprint density at radius 1 is 1.14 bits per heavy atom. The van der Waals surface area contributed by atoms with E-state index in [1.807, 2.05) is 0 Å². The molecular weight excluding hydrogens is 540 g/mol. The molecule has 218 valence electrons. The number of piperazine rings is 1. The maximum atomic E-state index is 14.3. The second kappa shape index (κ2) is 11.5. The summed E-state index contributed by atoms with van der Waals surface area (Å²) in [4.78, 5) is 29.6. The van der Waals surface area contributed by atoms with Crippen LogP contribution in [0.5, 0.6) is 5.88 Å². The predicted octanol–water partition coefficient (Wildman–Crippen LogP) is 3.65. The van der Waals surface area contributed by atoms with E-state index in [0.29, 0.717) is 80.2 Å². The smallest absolute Gasteiger partial charge is 0.246 e. The highest BCUT2D eigenvalue weighted by Gasteiger charge is 2.32. The van der Waals surface area contributed by atoms with E-state index in [-0.39, 0.29) is 11.9 Å². The Bertz CT molecular complexity index is 1580. The zero-order chi connectivity index (χ0) is 29.4. The average Bonchev–Trinajstić information content (AvgIpc) is 3.43. The van der Waals surface area contributed by atoms with Crippen molar-refractivity contribution in [3.63, 3.8) is 0 Å². The van der Waals surface area contributed by atoms with Crippen LogP contribution in [0.3, 0.4) is 0 Å². The molecule has 5 heterocycles. The second-order valence-corrected chi connectivity index (χ2v) is 11.1. The molecule has 1 aromatic carbocycles. The van der Waals surface area contributed by atoms with E-state index in [4.69, 9.17) is 9.72 Å². The number of halogens is 2. The van der Waals surface area contributed by atoms with Gasteiger partial charge in [-0.15, -0.1) is 0 Å². The maximum Gasteiger partial charge on any atom is 0.246 e. The molecule has 2 fully saturated rings. The highest BCUT2D eigenvalue weighted by molar-refractivity contribution is 5.93. The molecule has 0 bridgehead atoms. The number of ether oxygens (including phenoxy) is 1. The second-order valence-electron chi connectivity index (χ2n) is 11.1. The molecule has 3 aromatic rings. The standard InChI is InChI=1S/C31H33F2N7O2/c1-3-29(41)38-9-11-39(12-10-38)30-22-6-8-40(28-17-35-16-20-13-25(32)26(33)14-23(20)28)18-27(22)36-31(24(30)15-34)42-19-21-5-4-7-37(21)2/h3,13-14,16-17,21H,1,4-12,18-19H2,2H3. The van der Waals surface area contributed by atoms with Crippen molar-refractivity contribution in [2.45, 2.75) is 31.8 Å². The molecule has 0 saturated carbocycles. The number of likely N-dealkylation sites (tertiary alicyclic amines) is 1. The number of nitriles is 1. The number of carbonyl (C=O) groups is 1. The van der Waals surface area contributed by atoms with E-state index >= 15 is 0 Å². The topological polar surface area (TPSA) is 88.8 Å². The van der Waals surface area contributed by atoms with Gasteiger partial charge in [0.15, 0.2) is 11.6 Å². The van der Waals surface area contributed by atoms with Crippen molar-refractivity contribution in [2.75, 3.05) is 62.7 Å². The number of carbonyl (C=O) groups excluding carboxylic acids is 1. The number of fused-ring (bicyclic) bond motifs is 2. The summed E-state index contributed by atoms with van der Waals surface area (Å²) in [6, 6.07) is 5.01. The van der Waals surface area contributed by atoms with E-state index in [9.17, 15) is 18.8 Å². The molecule has 6 rings (SSSR count). The van der Waals surface area contributed by atoms with Crippen LogP contribution in [0, 0.1) is 23.0 Å². The first kappa shape index (κ1) is 27.8. The number of amides is 1. The van der Waals surface area contributed by atoms with Gasteiger partial charge in [-0.1, -0.05) is 6.58 Å². The number of likely N-dealkylation sites (N-methyl/N-ethyl adjacent to an activating group) is 1. The van der Waals surface area contributed by atoms with Crippen molar-refractivity contribution in [3.05, 3.63) is 65.6 Å². The van der Waals surface area contributed by atoms with Crippen molar-refractivity contribution in [2.24, 2.45) is 0 Å². The van der Waals surface area contributed by atoms with E-state index in [1.165, 1.54) is 18.3 Å². The van der Waals surface area contributed by atoms with Gasteiger partial charge in [-0.25, -0.2) is 13.8 Å². The molecule has 0 aliphatic carbocycles. The quantitative estimate of drug-likeness (QED) is 0.413. The van der Waals surface area contributed by atoms with E-state index < -0.39 is 11.6 Å². The van der Waals surface area contributed by atoms with Crippen LogP contribution in [0.2, 0.25) is 0 Å². The monoisotopic (exact) mass is 573 g/mol. The van der Waals surface area contributed by atoms with E-state index in [2.05, 4.69) is 39.4 Å². The zero-order valence-electron chi connectivity index (χ0n) is 23.7. The minimum atomic E-state index is -0.912. The number of anilines is 2. The Morgan fingerprint density at radius 2 is 1.93 bits per heavy atom. The lowest BCUT2D eigenvalue weighted by molar-refractivity contribution is -0.126. The van der Waals surface area contributed by atoms with Crippen LogP contribution in [-0.4, -0.2) is 84.6 Å². The first-order valence-electron chi connectivity index (χ1n) is 14.3. The fourth-order valence-electron chi connectivity index (χ4n) is 6.34. The Morgan fingerprint density at radius 3 is 2.64 bits per heavy atom. The number of hydrogen-bond donors (Lipinski definition) is 0. The number of pyridine rings is 2. The van der Waals surface area contributed by atoms with Crippen LogP contribution >= 0.6 is 0 Å². The molecule has 2 aromatic heterocycles. The van der Waals surface area contributed by atoms with Crippen LogP contribution in [0.15, 0.2) is 37.2 Å². The van der Waals surface area contributed by atoms with Gasteiger partial charge >= 0.3 is 0 Å². The summed E-state index contributed by atoms with van der Waals surface area (Å²) in [5.41, 5.74) is 3.66. The van der Waals surface area contributed by atoms with Gasteiger partial charge in [0.25, 0.3) is 0 Å². The van der Waals surface area contributed by atoms with Gasteiger partial charge in [-0.2, -0.15) is 5.26 Å². The third-order valence-electron chi connectivity index (χ3n) is 8.69. The number of nitrogens with zero attached hydrogens (tertiary/aromatic N) is 7. The SMILES string of the molecule is C=CC(=O)N1CCN(c2c(C#N)c(OCC3CCCN3C)nc3c2CCN(c2cncc4cc(F)c(F)cc24)C3)CC1. The summed E-state index contributed by atoms with van der Waals surface area (Å²) in [6.07, 6.45) is 7.23. The molecule has 1 unspecified atom stereocenters. The minimum absolute atomic E-state index is 0.104. The van der Waals surface area contributed by atoms with Gasteiger partial charge in [0, 0.05) is 61.3 Å². The zero-order valence-corrected chi connectivity index (χ0v) is 23.7. The summed E-state index contributed by atoms with van der Waals surface area (Å²) in [5, 5.41) is 11.5. The molecule has 0 spiro atoms. The van der Waals surface area contributed by atoms with E-state index in [0.717, 1.165) is 42.4 Å². The predicted molar refractivity (Wildman–Crippen MR) is 156 cm³/mol. The van der Waals surface area contributed by atoms with Crippen LogP contribution in [-0.2, 0) is 17.8 Å². The lowest BCUT2D eigenvalue weighted by Gasteiger charge is -2.39. The van der Waals surface area contributed by atoms with Gasteiger partial charge in [0.05, 0.1) is 29.8 Å². The minimum Gasteiger partial charge on any atom is -0.475 e. The van der Waals surface area contributed by atoms with Crippen molar-refractivity contribution in [1.82, 2.24) is 19.8 Å². The largest absolute Gasteiger partial charge is 0.475 e. The van der Waals surface area contributed by atoms with Gasteiger partial charge in [-0.3, -0.25) is 9.78 Å². The van der Waals surface area contributed by atoms with E-state index in [1.54, 1.807) is 11.1 Å². The van der Waals surface area contributed by atoms with Crippen LogP contribution < -0.4 is 14.5 Å². The molecule has 3 aliphatic heterocycles. The van der Waals surface area contributed by atoms with Crippen molar-refractivity contribution < 1.29 is 18.3 Å². The molecule has 0 N–H and O–H groups in total. The number of rotatable bonds is 6. The Hall–Kier alpha value is -4.30. The van der Waals surface area contributed by atoms with Gasteiger partial charge in [0.2, 0.25) is 11.8 Å². The number of aromatic nitrogens is 2. The fraction of sp³-hybridized carbons (Fsp3) is 0.419. The Labute approximate surface area is 243 Å². The third-order valence-corrected chi connectivity index (χ3v) is 8.69. The summed E-state index contributed by atoms with van der Waals surface area (Å²) < 4.78 is 34.5. The Balaban J connectivity index is 1.37.